The van der Waals surface area contributed by atoms with Gasteiger partial charge in [-0.1, -0.05) is 6.07 Å². The number of likely N-dealkylation sites (tertiary alicyclic amines) is 1. The zero-order valence-corrected chi connectivity index (χ0v) is 13.5. The molecule has 3 N–H and O–H groups in total. The maximum atomic E-state index is 11.8. The Kier molecular flexibility index (Phi) is 2.35. The van der Waals surface area contributed by atoms with Crippen molar-refractivity contribution in [2.45, 2.75) is 61.4 Å². The van der Waals surface area contributed by atoms with Gasteiger partial charge in [0, 0.05) is 11.6 Å². The van der Waals surface area contributed by atoms with Gasteiger partial charge in [0.2, 0.25) is 0 Å². The monoisotopic (exact) mass is 317 g/mol. The van der Waals surface area contributed by atoms with Gasteiger partial charge >= 0.3 is 0 Å². The van der Waals surface area contributed by atoms with E-state index in [1.54, 1.807) is 13.0 Å². The van der Waals surface area contributed by atoms with Gasteiger partial charge in [0.05, 0.1) is 16.6 Å². The van der Waals surface area contributed by atoms with Gasteiger partial charge < -0.3 is 25.0 Å². The van der Waals surface area contributed by atoms with Crippen molar-refractivity contribution in [2.75, 3.05) is 13.6 Å². The zero-order valence-electron chi connectivity index (χ0n) is 13.5. The summed E-state index contributed by atoms with van der Waals surface area (Å²) in [5.74, 6) is 0.596. The fraction of sp³-hybridized carbons (Fsp3) is 0.667. The van der Waals surface area contributed by atoms with Gasteiger partial charge in [-0.15, -0.1) is 0 Å². The van der Waals surface area contributed by atoms with E-state index >= 15 is 0 Å². The minimum absolute atomic E-state index is 0.0291. The van der Waals surface area contributed by atoms with E-state index in [0.717, 1.165) is 30.5 Å². The van der Waals surface area contributed by atoms with Crippen LogP contribution in [-0.2, 0) is 11.8 Å². The highest BCUT2D eigenvalue weighted by molar-refractivity contribution is 5.62. The fourth-order valence-electron chi connectivity index (χ4n) is 5.98. The van der Waals surface area contributed by atoms with E-state index in [9.17, 15) is 15.3 Å². The highest BCUT2D eigenvalue weighted by Crippen LogP contribution is 2.66. The average molecular weight is 317 g/mol. The molecule has 0 amide bonds. The van der Waals surface area contributed by atoms with Crippen LogP contribution in [0.2, 0.25) is 0 Å². The van der Waals surface area contributed by atoms with E-state index in [1.165, 1.54) is 0 Å². The van der Waals surface area contributed by atoms with Gasteiger partial charge in [-0.25, -0.2) is 0 Å². The van der Waals surface area contributed by atoms with Gasteiger partial charge in [-0.3, -0.25) is 0 Å². The first-order valence-electron chi connectivity index (χ1n) is 8.48. The van der Waals surface area contributed by atoms with Crippen LogP contribution in [-0.4, -0.2) is 57.2 Å². The number of benzene rings is 1. The second-order valence-corrected chi connectivity index (χ2v) is 8.15. The van der Waals surface area contributed by atoms with E-state index in [-0.39, 0.29) is 11.8 Å². The average Bonchev–Trinajstić information content (AvgIpc) is 2.86. The molecule has 5 rings (SSSR count). The highest BCUT2D eigenvalue weighted by atomic mass is 16.5. The van der Waals surface area contributed by atoms with Crippen molar-refractivity contribution in [3.63, 3.8) is 0 Å². The Bertz CT molecular complexity index is 717. The van der Waals surface area contributed by atoms with Crippen LogP contribution in [0, 0.1) is 0 Å². The number of hydrogen-bond acceptors (Lipinski definition) is 5. The van der Waals surface area contributed by atoms with Crippen molar-refractivity contribution in [3.05, 3.63) is 23.3 Å². The number of phenolic OH excluding ortho intramolecular Hbond substituents is 1. The summed E-state index contributed by atoms with van der Waals surface area (Å²) in [5.41, 5.74) is -0.451. The molecular formula is C18H23NO4. The minimum Gasteiger partial charge on any atom is -0.504 e. The van der Waals surface area contributed by atoms with E-state index < -0.39 is 22.7 Å². The molecule has 2 bridgehead atoms. The molecule has 5 nitrogen and oxygen atoms in total. The first-order chi connectivity index (χ1) is 10.8. The molecule has 124 valence electrons. The number of piperidine rings is 1. The smallest absolute Gasteiger partial charge is 0.165 e. The number of rotatable bonds is 0. The molecule has 2 aliphatic carbocycles. The molecule has 1 aromatic rings. The number of aromatic hydroxyl groups is 1. The highest BCUT2D eigenvalue weighted by Gasteiger charge is 2.74. The van der Waals surface area contributed by atoms with Crippen molar-refractivity contribution in [2.24, 2.45) is 0 Å². The predicted octanol–water partition coefficient (Wildman–Crippen LogP) is 0.927. The summed E-state index contributed by atoms with van der Waals surface area (Å²) < 4.78 is 6.15. The predicted molar refractivity (Wildman–Crippen MR) is 83.7 cm³/mol. The molecule has 4 aliphatic rings. The molecule has 2 fully saturated rings. The number of ether oxygens (including phenoxy) is 1. The first kappa shape index (κ1) is 14.1. The molecule has 0 radical (unpaired) electrons. The van der Waals surface area contributed by atoms with Crippen LogP contribution < -0.4 is 4.74 Å². The Morgan fingerprint density at radius 1 is 1.22 bits per heavy atom. The summed E-state index contributed by atoms with van der Waals surface area (Å²) in [4.78, 5) is 2.25. The van der Waals surface area contributed by atoms with Gasteiger partial charge in [0.25, 0.3) is 0 Å². The molecular weight excluding hydrogens is 294 g/mol. The van der Waals surface area contributed by atoms with Crippen LogP contribution in [0.4, 0.5) is 0 Å². The summed E-state index contributed by atoms with van der Waals surface area (Å²) in [6, 6.07) is 3.66. The van der Waals surface area contributed by atoms with E-state index in [0.29, 0.717) is 18.6 Å². The van der Waals surface area contributed by atoms with E-state index in [2.05, 4.69) is 11.9 Å². The SMILES string of the molecule is CN1CCC23c4c5ccc(O)c4OC2[C@](C)(O)CCC3(O)C1C5. The van der Waals surface area contributed by atoms with Crippen LogP contribution >= 0.6 is 0 Å². The summed E-state index contributed by atoms with van der Waals surface area (Å²) >= 11 is 0. The van der Waals surface area contributed by atoms with Gasteiger partial charge in [-0.2, -0.15) is 0 Å². The van der Waals surface area contributed by atoms with Crippen molar-refractivity contribution in [1.29, 1.82) is 0 Å². The Balaban J connectivity index is 1.87. The lowest BCUT2D eigenvalue weighted by Gasteiger charge is -2.64. The quantitative estimate of drug-likeness (QED) is 0.664. The molecule has 2 heterocycles. The lowest BCUT2D eigenvalue weighted by Crippen LogP contribution is -2.78. The summed E-state index contributed by atoms with van der Waals surface area (Å²) in [6.07, 6.45) is 2.05. The lowest BCUT2D eigenvalue weighted by molar-refractivity contribution is -0.228. The molecule has 1 saturated heterocycles. The second kappa shape index (κ2) is 3.85. The summed E-state index contributed by atoms with van der Waals surface area (Å²) in [7, 11) is 2.07. The third-order valence-corrected chi connectivity index (χ3v) is 7.06. The van der Waals surface area contributed by atoms with Gasteiger partial charge in [0.15, 0.2) is 11.5 Å². The van der Waals surface area contributed by atoms with Gasteiger partial charge in [0.1, 0.15) is 6.10 Å². The molecule has 1 aromatic carbocycles. The number of phenols is 1. The third-order valence-electron chi connectivity index (χ3n) is 7.06. The maximum Gasteiger partial charge on any atom is 0.165 e. The molecule has 5 atom stereocenters. The summed E-state index contributed by atoms with van der Waals surface area (Å²) in [6.45, 7) is 2.66. The first-order valence-corrected chi connectivity index (χ1v) is 8.48. The third kappa shape index (κ3) is 1.33. The van der Waals surface area contributed by atoms with Crippen molar-refractivity contribution >= 4 is 0 Å². The van der Waals surface area contributed by atoms with Crippen molar-refractivity contribution in [1.82, 2.24) is 4.90 Å². The minimum atomic E-state index is -1.01. The van der Waals surface area contributed by atoms with E-state index in [1.807, 2.05) is 6.07 Å². The molecule has 1 spiro atoms. The van der Waals surface area contributed by atoms with Crippen LogP contribution in [0.1, 0.15) is 37.3 Å². The van der Waals surface area contributed by atoms with Gasteiger partial charge in [-0.05, 0) is 57.8 Å². The number of likely N-dealkylation sites (N-methyl/N-ethyl adjacent to an activating group) is 1. The Hall–Kier alpha value is -1.30. The molecule has 4 unspecified atom stereocenters. The Morgan fingerprint density at radius 3 is 2.78 bits per heavy atom. The molecule has 23 heavy (non-hydrogen) atoms. The number of aliphatic hydroxyl groups is 2. The molecule has 1 saturated carbocycles. The van der Waals surface area contributed by atoms with Crippen LogP contribution in [0.25, 0.3) is 0 Å². The van der Waals surface area contributed by atoms with E-state index in [4.69, 9.17) is 4.74 Å². The molecule has 2 aliphatic heterocycles. The second-order valence-electron chi connectivity index (χ2n) is 8.15. The largest absolute Gasteiger partial charge is 0.504 e. The van der Waals surface area contributed by atoms with Crippen LogP contribution in [0.5, 0.6) is 11.5 Å². The standard InChI is InChI=1S/C18H23NO4/c1-16(21)5-6-18(22)12-9-10-3-4-11(20)14-13(10)17(18,15(16)23-14)7-8-19(12)2/h3-4,12,15,20-22H,5-9H2,1-2H3/t12?,15?,16-,17?,18?/m1/s1. The summed E-state index contributed by atoms with van der Waals surface area (Å²) in [5, 5.41) is 33.1. The van der Waals surface area contributed by atoms with Crippen molar-refractivity contribution < 1.29 is 20.1 Å². The fourth-order valence-corrected chi connectivity index (χ4v) is 5.98. The van der Waals surface area contributed by atoms with Crippen LogP contribution in [0.3, 0.4) is 0 Å². The Morgan fingerprint density at radius 2 is 2.00 bits per heavy atom. The normalized spacial score (nSPS) is 47.1. The molecule has 5 heteroatoms. The molecule has 0 aromatic heterocycles. The zero-order chi connectivity index (χ0) is 16.2. The number of nitrogens with zero attached hydrogens (tertiary/aromatic N) is 1. The topological polar surface area (TPSA) is 73.2 Å². The van der Waals surface area contributed by atoms with Crippen molar-refractivity contribution in [3.8, 4) is 11.5 Å². The Labute approximate surface area is 135 Å². The van der Waals surface area contributed by atoms with Crippen LogP contribution in [0.15, 0.2) is 12.1 Å². The lowest BCUT2D eigenvalue weighted by atomic mass is 9.47. The maximum absolute atomic E-state index is 11.8. The number of hydrogen-bond donors (Lipinski definition) is 3.